The van der Waals surface area contributed by atoms with Gasteiger partial charge in [-0.1, -0.05) is 54.6 Å². The van der Waals surface area contributed by atoms with Crippen LogP contribution < -0.4 is 9.47 Å². The van der Waals surface area contributed by atoms with Crippen molar-refractivity contribution in [2.75, 3.05) is 14.2 Å². The Morgan fingerprint density at radius 1 is 0.692 bits per heavy atom. The van der Waals surface area contributed by atoms with Crippen LogP contribution >= 0.6 is 0 Å². The number of fused-ring (bicyclic) bond motifs is 3. The highest BCUT2D eigenvalue weighted by Crippen LogP contribution is 2.36. The Labute approximate surface area is 152 Å². The monoisotopic (exact) mass is 342 g/mol. The molecule has 128 valence electrons. The second kappa shape index (κ2) is 6.84. The Morgan fingerprint density at radius 2 is 1.31 bits per heavy atom. The number of hydrogen-bond acceptors (Lipinski definition) is 4. The molecular weight excluding hydrogens is 324 g/mol. The van der Waals surface area contributed by atoms with Gasteiger partial charge in [0.25, 0.3) is 0 Å². The minimum absolute atomic E-state index is 0.645. The van der Waals surface area contributed by atoms with E-state index in [9.17, 15) is 0 Å². The van der Waals surface area contributed by atoms with Crippen molar-refractivity contribution in [3.63, 3.8) is 0 Å². The van der Waals surface area contributed by atoms with Crippen molar-refractivity contribution in [3.05, 3.63) is 83.4 Å². The predicted octanol–water partition coefficient (Wildman–Crippen LogP) is 4.56. The number of para-hydroxylation sites is 1. The molecule has 1 aliphatic rings. The number of rotatable bonds is 4. The second-order valence-corrected chi connectivity index (χ2v) is 5.87. The van der Waals surface area contributed by atoms with Crippen LogP contribution in [0.2, 0.25) is 0 Å². The maximum absolute atomic E-state index is 5.44. The normalized spacial score (nSPS) is 12.0. The average Bonchev–Trinajstić information content (AvgIpc) is 3.02. The number of methoxy groups -OCH3 is 2. The summed E-state index contributed by atoms with van der Waals surface area (Å²) in [4.78, 5) is 0. The Morgan fingerprint density at radius 3 is 1.88 bits per heavy atom. The molecule has 0 saturated carbocycles. The van der Waals surface area contributed by atoms with Gasteiger partial charge in [-0.3, -0.25) is 0 Å². The molecule has 3 aromatic rings. The Bertz CT molecular complexity index is 975. The minimum atomic E-state index is 0.645. The number of hydrogen-bond donors (Lipinski definition) is 0. The standard InChI is InChI=1S/C22H18N2O2/c1-25-20-13-7-8-15(22(20)26-2)14-23-24-21-18-11-5-3-9-16(18)17-10-4-6-12-19(17)21/h3-14H,1-2H3/b23-14-. The van der Waals surface area contributed by atoms with Gasteiger partial charge < -0.3 is 9.47 Å². The van der Waals surface area contributed by atoms with E-state index in [0.717, 1.165) is 22.4 Å². The molecule has 1 aliphatic carbocycles. The van der Waals surface area contributed by atoms with Crippen molar-refractivity contribution >= 4 is 11.9 Å². The van der Waals surface area contributed by atoms with Crippen molar-refractivity contribution < 1.29 is 9.47 Å². The first-order chi connectivity index (χ1) is 12.8. The van der Waals surface area contributed by atoms with Gasteiger partial charge >= 0.3 is 0 Å². The summed E-state index contributed by atoms with van der Waals surface area (Å²) in [6.07, 6.45) is 1.69. The molecule has 0 bridgehead atoms. The Balaban J connectivity index is 1.75. The van der Waals surface area contributed by atoms with Crippen LogP contribution in [-0.4, -0.2) is 26.1 Å². The van der Waals surface area contributed by atoms with Crippen LogP contribution in [0.25, 0.3) is 11.1 Å². The van der Waals surface area contributed by atoms with Crippen LogP contribution in [0.4, 0.5) is 0 Å². The van der Waals surface area contributed by atoms with Crippen molar-refractivity contribution in [3.8, 4) is 22.6 Å². The van der Waals surface area contributed by atoms with E-state index in [1.807, 2.05) is 42.5 Å². The first kappa shape index (κ1) is 16.1. The lowest BCUT2D eigenvalue weighted by molar-refractivity contribution is 0.354. The van der Waals surface area contributed by atoms with Gasteiger partial charge in [-0.25, -0.2) is 0 Å². The van der Waals surface area contributed by atoms with Crippen molar-refractivity contribution in [1.82, 2.24) is 0 Å². The lowest BCUT2D eigenvalue weighted by Crippen LogP contribution is -1.98. The first-order valence-corrected chi connectivity index (χ1v) is 8.34. The molecule has 4 nitrogen and oxygen atoms in total. The van der Waals surface area contributed by atoms with Gasteiger partial charge in [-0.2, -0.15) is 5.10 Å². The summed E-state index contributed by atoms with van der Waals surface area (Å²) in [6, 6.07) is 22.2. The van der Waals surface area contributed by atoms with Gasteiger partial charge in [0.15, 0.2) is 11.5 Å². The van der Waals surface area contributed by atoms with Gasteiger partial charge in [-0.15, -0.1) is 5.10 Å². The Kier molecular flexibility index (Phi) is 4.23. The van der Waals surface area contributed by atoms with E-state index in [1.165, 1.54) is 11.1 Å². The van der Waals surface area contributed by atoms with E-state index in [1.54, 1.807) is 20.4 Å². The molecule has 0 spiro atoms. The summed E-state index contributed by atoms with van der Waals surface area (Å²) in [5.74, 6) is 1.31. The molecule has 4 heteroatoms. The van der Waals surface area contributed by atoms with Crippen LogP contribution in [0, 0.1) is 0 Å². The molecule has 0 radical (unpaired) electrons. The molecule has 26 heavy (non-hydrogen) atoms. The van der Waals surface area contributed by atoms with Crippen LogP contribution in [0.5, 0.6) is 11.5 Å². The van der Waals surface area contributed by atoms with Gasteiger partial charge in [0.05, 0.1) is 20.4 Å². The molecule has 0 saturated heterocycles. The quantitative estimate of drug-likeness (QED) is 0.403. The van der Waals surface area contributed by atoms with Gasteiger partial charge in [-0.05, 0) is 23.3 Å². The molecule has 0 heterocycles. The third kappa shape index (κ3) is 2.65. The minimum Gasteiger partial charge on any atom is -0.493 e. The Hall–Kier alpha value is -3.40. The second-order valence-electron chi connectivity index (χ2n) is 5.87. The fraction of sp³-hybridized carbons (Fsp3) is 0.0909. The molecule has 0 aliphatic heterocycles. The third-order valence-corrected chi connectivity index (χ3v) is 4.44. The number of ether oxygens (including phenoxy) is 2. The summed E-state index contributed by atoms with van der Waals surface area (Å²) < 4.78 is 10.8. The predicted molar refractivity (Wildman–Crippen MR) is 105 cm³/mol. The fourth-order valence-corrected chi connectivity index (χ4v) is 3.26. The highest BCUT2D eigenvalue weighted by atomic mass is 16.5. The van der Waals surface area contributed by atoms with Gasteiger partial charge in [0, 0.05) is 16.7 Å². The molecule has 0 aromatic heterocycles. The smallest absolute Gasteiger partial charge is 0.169 e. The largest absolute Gasteiger partial charge is 0.493 e. The third-order valence-electron chi connectivity index (χ3n) is 4.44. The van der Waals surface area contributed by atoms with Gasteiger partial charge in [0.2, 0.25) is 0 Å². The molecule has 3 aromatic carbocycles. The summed E-state index contributed by atoms with van der Waals surface area (Å²) >= 11 is 0. The molecule has 0 fully saturated rings. The highest BCUT2D eigenvalue weighted by Gasteiger charge is 2.23. The van der Waals surface area contributed by atoms with Crippen molar-refractivity contribution in [1.29, 1.82) is 0 Å². The molecular formula is C22H18N2O2. The van der Waals surface area contributed by atoms with E-state index >= 15 is 0 Å². The van der Waals surface area contributed by atoms with Crippen molar-refractivity contribution in [2.45, 2.75) is 0 Å². The molecule has 4 rings (SSSR count). The summed E-state index contributed by atoms with van der Waals surface area (Å²) in [5.41, 5.74) is 6.28. The fourth-order valence-electron chi connectivity index (χ4n) is 3.26. The maximum Gasteiger partial charge on any atom is 0.169 e. The summed E-state index contributed by atoms with van der Waals surface area (Å²) in [7, 11) is 3.23. The highest BCUT2D eigenvalue weighted by molar-refractivity contribution is 6.24. The van der Waals surface area contributed by atoms with E-state index in [2.05, 4.69) is 34.5 Å². The number of benzene rings is 3. The summed E-state index contributed by atoms with van der Waals surface area (Å²) in [5, 5.41) is 8.85. The molecule has 0 amide bonds. The maximum atomic E-state index is 5.44. The van der Waals surface area contributed by atoms with E-state index < -0.39 is 0 Å². The van der Waals surface area contributed by atoms with Crippen LogP contribution in [0.1, 0.15) is 16.7 Å². The topological polar surface area (TPSA) is 43.2 Å². The van der Waals surface area contributed by atoms with E-state index in [0.29, 0.717) is 11.5 Å². The lowest BCUT2D eigenvalue weighted by Gasteiger charge is -2.09. The lowest BCUT2D eigenvalue weighted by atomic mass is 10.1. The van der Waals surface area contributed by atoms with E-state index in [4.69, 9.17) is 9.47 Å². The summed E-state index contributed by atoms with van der Waals surface area (Å²) in [6.45, 7) is 0. The average molecular weight is 342 g/mol. The zero-order valence-electron chi connectivity index (χ0n) is 14.6. The zero-order chi connectivity index (χ0) is 17.9. The van der Waals surface area contributed by atoms with Crippen molar-refractivity contribution in [2.24, 2.45) is 10.2 Å². The van der Waals surface area contributed by atoms with Gasteiger partial charge in [0.1, 0.15) is 5.71 Å². The van der Waals surface area contributed by atoms with Crippen LogP contribution in [0.3, 0.4) is 0 Å². The zero-order valence-corrected chi connectivity index (χ0v) is 14.6. The molecule has 0 atom stereocenters. The van der Waals surface area contributed by atoms with Crippen LogP contribution in [-0.2, 0) is 0 Å². The SMILES string of the molecule is COc1cccc(/C=N\N=C2c3ccccc3-c3ccccc32)c1OC. The molecule has 0 unspecified atom stereocenters. The first-order valence-electron chi connectivity index (χ1n) is 8.34. The van der Waals surface area contributed by atoms with Crippen LogP contribution in [0.15, 0.2) is 76.9 Å². The number of nitrogens with zero attached hydrogens (tertiary/aromatic N) is 2. The van der Waals surface area contributed by atoms with E-state index in [-0.39, 0.29) is 0 Å². The molecule has 0 N–H and O–H groups in total.